The summed E-state index contributed by atoms with van der Waals surface area (Å²) in [6.07, 6.45) is 8.78. The monoisotopic (exact) mass is 431 g/mol. The lowest BCUT2D eigenvalue weighted by atomic mass is 9.50. The van der Waals surface area contributed by atoms with Crippen molar-refractivity contribution in [3.8, 4) is 0 Å². The zero-order valence-corrected chi connectivity index (χ0v) is 19.9. The van der Waals surface area contributed by atoms with Gasteiger partial charge in [-0.3, -0.25) is 4.90 Å². The third kappa shape index (κ3) is 2.93. The first-order valence-corrected chi connectivity index (χ1v) is 13.5. The van der Waals surface area contributed by atoms with Crippen molar-refractivity contribution < 1.29 is 15.3 Å². The van der Waals surface area contributed by atoms with Gasteiger partial charge in [0.1, 0.15) is 0 Å². The summed E-state index contributed by atoms with van der Waals surface area (Å²) in [5.74, 6) is 4.30. The van der Waals surface area contributed by atoms with Gasteiger partial charge in [-0.1, -0.05) is 20.8 Å². The molecule has 0 bridgehead atoms. The third-order valence-electron chi connectivity index (χ3n) is 12.1. The Balaban J connectivity index is 1.32. The SMILES string of the molecule is CC1[C@H]2CC[C@@]3(O)[C@@H]4C[C@H](O)[C@H]5C[C@H](O)CC[C@]5(C)[C@H]4C[C@H]3[C@@H]2CN2C[C@H](C)CC[C@@H]12. The van der Waals surface area contributed by atoms with Gasteiger partial charge in [-0.25, -0.2) is 0 Å². The van der Waals surface area contributed by atoms with Crippen molar-refractivity contribution in [3.63, 3.8) is 0 Å². The molecule has 0 aromatic heterocycles. The number of nitrogens with zero attached hydrogens (tertiary/aromatic N) is 1. The Morgan fingerprint density at radius 1 is 0.774 bits per heavy atom. The van der Waals surface area contributed by atoms with E-state index >= 15 is 0 Å². The van der Waals surface area contributed by atoms with Crippen LogP contribution >= 0.6 is 0 Å². The van der Waals surface area contributed by atoms with Gasteiger partial charge in [-0.2, -0.15) is 0 Å². The van der Waals surface area contributed by atoms with Crippen LogP contribution in [-0.2, 0) is 0 Å². The highest BCUT2D eigenvalue weighted by Crippen LogP contribution is 2.68. The van der Waals surface area contributed by atoms with Crippen molar-refractivity contribution in [2.24, 2.45) is 52.8 Å². The van der Waals surface area contributed by atoms with Crippen molar-refractivity contribution in [2.75, 3.05) is 13.1 Å². The van der Waals surface area contributed by atoms with E-state index < -0.39 is 5.60 Å². The minimum atomic E-state index is -0.579. The van der Waals surface area contributed by atoms with Gasteiger partial charge < -0.3 is 15.3 Å². The quantitative estimate of drug-likeness (QED) is 0.547. The molecule has 1 unspecified atom stereocenters. The molecule has 0 aromatic rings. The van der Waals surface area contributed by atoms with E-state index in [0.29, 0.717) is 17.8 Å². The Hall–Kier alpha value is -0.160. The van der Waals surface area contributed by atoms with E-state index in [2.05, 4.69) is 25.7 Å². The molecule has 2 saturated heterocycles. The first-order valence-electron chi connectivity index (χ1n) is 13.5. The summed E-state index contributed by atoms with van der Waals surface area (Å²) in [6, 6.07) is 0.760. The van der Waals surface area contributed by atoms with Gasteiger partial charge in [0.25, 0.3) is 0 Å². The van der Waals surface area contributed by atoms with Crippen molar-refractivity contribution in [1.29, 1.82) is 0 Å². The van der Waals surface area contributed by atoms with Crippen molar-refractivity contribution in [2.45, 2.75) is 102 Å². The van der Waals surface area contributed by atoms with Crippen LogP contribution < -0.4 is 0 Å². The second-order valence-corrected chi connectivity index (χ2v) is 13.3. The van der Waals surface area contributed by atoms with E-state index in [1.165, 1.54) is 32.4 Å². The number of hydrogen-bond donors (Lipinski definition) is 3. The van der Waals surface area contributed by atoms with Crippen LogP contribution in [0.25, 0.3) is 0 Å². The van der Waals surface area contributed by atoms with Crippen LogP contribution in [0.1, 0.15) is 78.6 Å². The molecule has 2 aliphatic heterocycles. The summed E-state index contributed by atoms with van der Waals surface area (Å²) in [5.41, 5.74) is -0.503. The molecule has 31 heavy (non-hydrogen) atoms. The average Bonchev–Trinajstić information content (AvgIpc) is 3.03. The molecule has 4 heteroatoms. The molecule has 2 heterocycles. The molecule has 0 radical (unpaired) electrons. The fourth-order valence-corrected chi connectivity index (χ4v) is 10.6. The smallest absolute Gasteiger partial charge is 0.0711 e. The van der Waals surface area contributed by atoms with Gasteiger partial charge in [0.05, 0.1) is 17.8 Å². The van der Waals surface area contributed by atoms with Gasteiger partial charge in [0.2, 0.25) is 0 Å². The highest BCUT2D eigenvalue weighted by molar-refractivity contribution is 5.17. The fraction of sp³-hybridized carbons (Fsp3) is 1.00. The maximum atomic E-state index is 12.3. The average molecular weight is 432 g/mol. The number of aliphatic hydroxyl groups excluding tert-OH is 2. The largest absolute Gasteiger partial charge is 0.393 e. The maximum absolute atomic E-state index is 12.3. The normalized spacial score (nSPS) is 61.5. The molecule has 3 N–H and O–H groups in total. The molecule has 176 valence electrons. The molecule has 4 saturated carbocycles. The predicted octanol–water partition coefficient (Wildman–Crippen LogP) is 3.68. The number of rotatable bonds is 0. The first-order chi connectivity index (χ1) is 14.7. The molecule has 13 atom stereocenters. The molecular formula is C27H45NO3. The lowest BCUT2D eigenvalue weighted by Crippen LogP contribution is -2.62. The molecule has 6 rings (SSSR count). The van der Waals surface area contributed by atoms with Gasteiger partial charge in [-0.15, -0.1) is 0 Å². The van der Waals surface area contributed by atoms with E-state index in [0.717, 1.165) is 62.3 Å². The molecule has 0 aromatic carbocycles. The summed E-state index contributed by atoms with van der Waals surface area (Å²) in [6.45, 7) is 9.76. The minimum absolute atomic E-state index is 0.0760. The van der Waals surface area contributed by atoms with Crippen LogP contribution in [-0.4, -0.2) is 57.2 Å². The van der Waals surface area contributed by atoms with Crippen molar-refractivity contribution >= 4 is 0 Å². The Labute approximate surface area is 188 Å². The van der Waals surface area contributed by atoms with Crippen LogP contribution in [0.5, 0.6) is 0 Å². The van der Waals surface area contributed by atoms with Gasteiger partial charge in [0.15, 0.2) is 0 Å². The lowest BCUT2D eigenvalue weighted by molar-refractivity contribution is -0.176. The number of piperidine rings is 2. The molecule has 4 aliphatic carbocycles. The topological polar surface area (TPSA) is 63.9 Å². The molecule has 0 amide bonds. The van der Waals surface area contributed by atoms with Gasteiger partial charge in [-0.05, 0) is 111 Å². The fourth-order valence-electron chi connectivity index (χ4n) is 10.6. The Bertz CT molecular complexity index is 713. The van der Waals surface area contributed by atoms with Gasteiger partial charge in [0, 0.05) is 19.1 Å². The molecule has 4 nitrogen and oxygen atoms in total. The molecule has 6 aliphatic rings. The second-order valence-electron chi connectivity index (χ2n) is 13.3. The summed E-state index contributed by atoms with van der Waals surface area (Å²) in [4.78, 5) is 2.81. The highest BCUT2D eigenvalue weighted by Gasteiger charge is 2.67. The summed E-state index contributed by atoms with van der Waals surface area (Å²) in [7, 11) is 0. The van der Waals surface area contributed by atoms with Crippen LogP contribution in [0.4, 0.5) is 0 Å². The van der Waals surface area contributed by atoms with Crippen LogP contribution in [0.15, 0.2) is 0 Å². The maximum Gasteiger partial charge on any atom is 0.0711 e. The van der Waals surface area contributed by atoms with Gasteiger partial charge >= 0.3 is 0 Å². The Kier molecular flexibility index (Phi) is 4.94. The Morgan fingerprint density at radius 2 is 1.58 bits per heavy atom. The van der Waals surface area contributed by atoms with E-state index in [1.807, 2.05) is 0 Å². The van der Waals surface area contributed by atoms with E-state index in [9.17, 15) is 15.3 Å². The molecule has 6 fully saturated rings. The molecular weight excluding hydrogens is 386 g/mol. The summed E-state index contributed by atoms with van der Waals surface area (Å²) < 4.78 is 0. The van der Waals surface area contributed by atoms with Crippen molar-refractivity contribution in [1.82, 2.24) is 4.90 Å². The lowest BCUT2D eigenvalue weighted by Gasteiger charge is -2.59. The van der Waals surface area contributed by atoms with E-state index in [1.54, 1.807) is 0 Å². The Morgan fingerprint density at radius 3 is 2.39 bits per heavy atom. The van der Waals surface area contributed by atoms with Crippen molar-refractivity contribution in [3.05, 3.63) is 0 Å². The van der Waals surface area contributed by atoms with Crippen LogP contribution in [0.2, 0.25) is 0 Å². The predicted molar refractivity (Wildman–Crippen MR) is 121 cm³/mol. The second kappa shape index (κ2) is 7.17. The first kappa shape index (κ1) is 21.4. The summed E-state index contributed by atoms with van der Waals surface area (Å²) in [5, 5.41) is 33.8. The standard InChI is InChI=1S/C27H45NO3/c1-15-4-5-24-16(2)18-7-9-27(31)20(19(18)14-28(24)13-15)11-21-22(27)12-25(30)23-10-17(29)6-8-26(21,23)3/h15-25,29-31H,4-14H2,1-3H3/t15-,16?,17-,18-,19-,20+,21+,22-,23-,24+,25+,26-,27+/m1/s1. The number of fused-ring (bicyclic) bond motifs is 8. The highest BCUT2D eigenvalue weighted by atomic mass is 16.3. The number of aliphatic hydroxyl groups is 3. The zero-order valence-electron chi connectivity index (χ0n) is 19.9. The molecule has 0 spiro atoms. The van der Waals surface area contributed by atoms with E-state index in [-0.39, 0.29) is 29.5 Å². The van der Waals surface area contributed by atoms with Crippen LogP contribution in [0.3, 0.4) is 0 Å². The summed E-state index contributed by atoms with van der Waals surface area (Å²) >= 11 is 0. The van der Waals surface area contributed by atoms with Crippen LogP contribution in [0, 0.1) is 52.8 Å². The third-order valence-corrected chi connectivity index (χ3v) is 12.1. The minimum Gasteiger partial charge on any atom is -0.393 e. The zero-order chi connectivity index (χ0) is 21.7. The number of hydrogen-bond acceptors (Lipinski definition) is 4. The van der Waals surface area contributed by atoms with E-state index in [4.69, 9.17) is 0 Å².